The van der Waals surface area contributed by atoms with Crippen LogP contribution in [0.25, 0.3) is 0 Å². The number of hydrogen-bond donors (Lipinski definition) is 1. The molecule has 0 spiro atoms. The Bertz CT molecular complexity index is 495. The number of halogens is 1. The quantitative estimate of drug-likeness (QED) is 0.888. The summed E-state index contributed by atoms with van der Waals surface area (Å²) in [4.78, 5) is 28.9. The first-order valence-electron chi connectivity index (χ1n) is 5.85. The van der Waals surface area contributed by atoms with E-state index in [4.69, 9.17) is 11.6 Å². The van der Waals surface area contributed by atoms with Gasteiger partial charge in [-0.05, 0) is 12.5 Å². The van der Waals surface area contributed by atoms with Crippen LogP contribution >= 0.6 is 11.6 Å². The second-order valence-corrected chi connectivity index (χ2v) is 4.64. The fraction of sp³-hybridized carbons (Fsp3) is 0.417. The second-order valence-electron chi connectivity index (χ2n) is 4.23. The molecule has 1 fully saturated rings. The van der Waals surface area contributed by atoms with Crippen molar-refractivity contribution in [2.75, 3.05) is 20.2 Å². The number of alkyl carbamates (subject to hydrolysis) is 1. The van der Waals surface area contributed by atoms with Gasteiger partial charge >= 0.3 is 6.09 Å². The predicted octanol–water partition coefficient (Wildman–Crippen LogP) is 1.31. The summed E-state index contributed by atoms with van der Waals surface area (Å²) in [5, 5.41) is 3.05. The van der Waals surface area contributed by atoms with Gasteiger partial charge in [-0.25, -0.2) is 4.79 Å². The van der Waals surface area contributed by atoms with E-state index in [1.165, 1.54) is 19.5 Å². The fourth-order valence-corrected chi connectivity index (χ4v) is 2.18. The van der Waals surface area contributed by atoms with Crippen LogP contribution in [0.15, 0.2) is 18.5 Å². The average Bonchev–Trinajstić information content (AvgIpc) is 2.87. The van der Waals surface area contributed by atoms with E-state index in [0.717, 1.165) is 0 Å². The third-order valence-corrected chi connectivity index (χ3v) is 3.31. The molecule has 1 saturated heterocycles. The molecule has 0 bridgehead atoms. The zero-order valence-electron chi connectivity index (χ0n) is 10.4. The SMILES string of the molecule is COC(=O)NC1CCN(C(=O)c2cnccc2Cl)C1. The standard InChI is InChI=1S/C12H14ClN3O3/c1-19-12(18)15-8-3-5-16(7-8)11(17)9-6-14-4-2-10(9)13/h2,4,6,8H,3,5,7H2,1H3,(H,15,18). The molecule has 1 N–H and O–H groups in total. The number of pyridine rings is 1. The first-order valence-corrected chi connectivity index (χ1v) is 6.23. The van der Waals surface area contributed by atoms with E-state index in [1.54, 1.807) is 11.0 Å². The van der Waals surface area contributed by atoms with E-state index >= 15 is 0 Å². The van der Waals surface area contributed by atoms with Gasteiger partial charge in [0, 0.05) is 25.5 Å². The van der Waals surface area contributed by atoms with E-state index in [1.807, 2.05) is 0 Å². The van der Waals surface area contributed by atoms with Crippen LogP contribution in [-0.2, 0) is 4.74 Å². The number of ether oxygens (including phenoxy) is 1. The Morgan fingerprint density at radius 3 is 3.05 bits per heavy atom. The Labute approximate surface area is 115 Å². The first-order chi connectivity index (χ1) is 9.11. The summed E-state index contributed by atoms with van der Waals surface area (Å²) in [6.07, 6.45) is 3.19. The third kappa shape index (κ3) is 3.14. The van der Waals surface area contributed by atoms with Crippen LogP contribution in [0.3, 0.4) is 0 Å². The maximum Gasteiger partial charge on any atom is 0.407 e. The molecule has 0 saturated carbocycles. The second kappa shape index (κ2) is 5.88. The van der Waals surface area contributed by atoms with E-state index < -0.39 is 6.09 Å². The molecular formula is C12H14ClN3O3. The van der Waals surface area contributed by atoms with Crippen LogP contribution in [0.5, 0.6) is 0 Å². The van der Waals surface area contributed by atoms with Gasteiger partial charge in [0.2, 0.25) is 0 Å². The van der Waals surface area contributed by atoms with E-state index in [9.17, 15) is 9.59 Å². The molecule has 1 atom stereocenters. The zero-order valence-corrected chi connectivity index (χ0v) is 11.2. The molecule has 0 aromatic carbocycles. The van der Waals surface area contributed by atoms with Crippen molar-refractivity contribution < 1.29 is 14.3 Å². The summed E-state index contributed by atoms with van der Waals surface area (Å²) < 4.78 is 4.53. The number of carbonyl (C=O) groups is 2. The van der Waals surface area contributed by atoms with Gasteiger partial charge in [-0.3, -0.25) is 9.78 Å². The zero-order chi connectivity index (χ0) is 13.8. The number of rotatable bonds is 2. The molecule has 102 valence electrons. The van der Waals surface area contributed by atoms with Crippen LogP contribution in [0.2, 0.25) is 5.02 Å². The number of carbonyl (C=O) groups excluding carboxylic acids is 2. The van der Waals surface area contributed by atoms with Crippen LogP contribution < -0.4 is 5.32 Å². The lowest BCUT2D eigenvalue weighted by atomic mass is 10.2. The van der Waals surface area contributed by atoms with Crippen molar-refractivity contribution in [3.63, 3.8) is 0 Å². The molecule has 2 amide bonds. The van der Waals surface area contributed by atoms with Gasteiger partial charge in [0.25, 0.3) is 5.91 Å². The number of hydrogen-bond acceptors (Lipinski definition) is 4. The summed E-state index contributed by atoms with van der Waals surface area (Å²) in [6.45, 7) is 1.01. The molecule has 2 heterocycles. The van der Waals surface area contributed by atoms with Crippen molar-refractivity contribution in [1.82, 2.24) is 15.2 Å². The van der Waals surface area contributed by atoms with Gasteiger partial charge in [0.1, 0.15) is 0 Å². The highest BCUT2D eigenvalue weighted by Gasteiger charge is 2.29. The summed E-state index contributed by atoms with van der Waals surface area (Å²) in [5.41, 5.74) is 0.378. The van der Waals surface area contributed by atoms with Crippen LogP contribution in [0, 0.1) is 0 Å². The number of amides is 2. The van der Waals surface area contributed by atoms with Crippen molar-refractivity contribution in [3.05, 3.63) is 29.0 Å². The Morgan fingerprint density at radius 1 is 1.58 bits per heavy atom. The topological polar surface area (TPSA) is 71.5 Å². The van der Waals surface area contributed by atoms with Gasteiger partial charge in [0.15, 0.2) is 0 Å². The highest BCUT2D eigenvalue weighted by atomic mass is 35.5. The molecule has 1 aliphatic heterocycles. The Balaban J connectivity index is 1.99. The van der Waals surface area contributed by atoms with Crippen LogP contribution in [0.4, 0.5) is 4.79 Å². The van der Waals surface area contributed by atoms with Crippen LogP contribution in [-0.4, -0.2) is 48.1 Å². The van der Waals surface area contributed by atoms with Crippen molar-refractivity contribution in [2.24, 2.45) is 0 Å². The van der Waals surface area contributed by atoms with E-state index in [-0.39, 0.29) is 11.9 Å². The van der Waals surface area contributed by atoms with Crippen molar-refractivity contribution in [3.8, 4) is 0 Å². The highest BCUT2D eigenvalue weighted by Crippen LogP contribution is 2.19. The first kappa shape index (κ1) is 13.6. The molecule has 1 aromatic heterocycles. The van der Waals surface area contributed by atoms with Gasteiger partial charge in [-0.1, -0.05) is 11.6 Å². The lowest BCUT2D eigenvalue weighted by molar-refractivity contribution is 0.0788. The Kier molecular flexibility index (Phi) is 4.21. The van der Waals surface area contributed by atoms with Gasteiger partial charge in [-0.2, -0.15) is 0 Å². The minimum Gasteiger partial charge on any atom is -0.453 e. The minimum atomic E-state index is -0.487. The molecule has 2 rings (SSSR count). The van der Waals surface area contributed by atoms with E-state index in [2.05, 4.69) is 15.0 Å². The smallest absolute Gasteiger partial charge is 0.407 e. The monoisotopic (exact) mass is 283 g/mol. The number of nitrogens with zero attached hydrogens (tertiary/aromatic N) is 2. The molecule has 1 unspecified atom stereocenters. The summed E-state index contributed by atoms with van der Waals surface area (Å²) >= 11 is 5.96. The number of likely N-dealkylation sites (tertiary alicyclic amines) is 1. The largest absolute Gasteiger partial charge is 0.453 e. The van der Waals surface area contributed by atoms with Crippen molar-refractivity contribution >= 4 is 23.6 Å². The van der Waals surface area contributed by atoms with Gasteiger partial charge in [-0.15, -0.1) is 0 Å². The maximum absolute atomic E-state index is 12.2. The molecule has 1 aliphatic rings. The molecule has 0 aliphatic carbocycles. The highest BCUT2D eigenvalue weighted by molar-refractivity contribution is 6.33. The van der Waals surface area contributed by atoms with Crippen molar-refractivity contribution in [1.29, 1.82) is 0 Å². The van der Waals surface area contributed by atoms with Gasteiger partial charge in [0.05, 0.1) is 23.7 Å². The molecule has 0 radical (unpaired) electrons. The summed E-state index contributed by atoms with van der Waals surface area (Å²) in [7, 11) is 1.31. The average molecular weight is 284 g/mol. The normalized spacial score (nSPS) is 18.2. The molecule has 19 heavy (non-hydrogen) atoms. The molecule has 6 nitrogen and oxygen atoms in total. The Hall–Kier alpha value is -1.82. The molecular weight excluding hydrogens is 270 g/mol. The van der Waals surface area contributed by atoms with Gasteiger partial charge < -0.3 is 15.0 Å². The number of methoxy groups -OCH3 is 1. The minimum absolute atomic E-state index is 0.0909. The maximum atomic E-state index is 12.2. The summed E-state index contributed by atoms with van der Waals surface area (Å²) in [5.74, 6) is -0.174. The fourth-order valence-electron chi connectivity index (χ4n) is 1.99. The van der Waals surface area contributed by atoms with Crippen molar-refractivity contribution in [2.45, 2.75) is 12.5 Å². The lowest BCUT2D eigenvalue weighted by Crippen LogP contribution is -2.38. The summed E-state index contributed by atoms with van der Waals surface area (Å²) in [6, 6.07) is 1.49. The molecule has 7 heteroatoms. The third-order valence-electron chi connectivity index (χ3n) is 2.98. The lowest BCUT2D eigenvalue weighted by Gasteiger charge is -2.17. The van der Waals surface area contributed by atoms with Crippen LogP contribution in [0.1, 0.15) is 16.8 Å². The Morgan fingerprint density at radius 2 is 2.37 bits per heavy atom. The number of nitrogens with one attached hydrogen (secondary N) is 1. The predicted molar refractivity (Wildman–Crippen MR) is 69.1 cm³/mol. The number of aromatic nitrogens is 1. The van der Waals surface area contributed by atoms with E-state index in [0.29, 0.717) is 30.1 Å². The molecule has 1 aromatic rings.